The summed E-state index contributed by atoms with van der Waals surface area (Å²) >= 11 is 8.43. The second-order valence-corrected chi connectivity index (χ2v) is 6.36. The highest BCUT2D eigenvalue weighted by Gasteiger charge is 2.01. The van der Waals surface area contributed by atoms with Crippen molar-refractivity contribution in [1.82, 2.24) is 0 Å². The number of nitrogens with two attached hydrogens (primary N) is 1. The molecule has 108 valence electrons. The molecule has 1 nitrogen and oxygen atoms in total. The lowest BCUT2D eigenvalue weighted by Crippen LogP contribution is -2.23. The van der Waals surface area contributed by atoms with Crippen LogP contribution < -0.4 is 5.73 Å². The maximum atomic E-state index is 5.60. The molecule has 0 aliphatic heterocycles. The first-order valence-corrected chi connectivity index (χ1v) is 7.52. The van der Waals surface area contributed by atoms with Crippen molar-refractivity contribution < 1.29 is 0 Å². The molecule has 0 fully saturated rings. The van der Waals surface area contributed by atoms with Crippen LogP contribution in [0.3, 0.4) is 0 Å². The quantitative estimate of drug-likeness (QED) is 0.606. The predicted molar refractivity (Wildman–Crippen MR) is 90.5 cm³/mol. The molecule has 0 amide bonds. The Labute approximate surface area is 121 Å². The summed E-state index contributed by atoms with van der Waals surface area (Å²) in [7, 11) is 0. The monoisotopic (exact) mass is 281 g/mol. The topological polar surface area (TPSA) is 26.0 Å². The summed E-state index contributed by atoms with van der Waals surface area (Å²) in [6.07, 6.45) is 3.53. The van der Waals surface area contributed by atoms with Gasteiger partial charge in [0.15, 0.2) is 0 Å². The van der Waals surface area contributed by atoms with E-state index >= 15 is 0 Å². The van der Waals surface area contributed by atoms with Gasteiger partial charge in [-0.25, -0.2) is 0 Å². The second kappa shape index (κ2) is 14.7. The minimum atomic E-state index is 0. The van der Waals surface area contributed by atoms with E-state index in [2.05, 4.69) is 59.9 Å². The molecule has 0 aromatic heterocycles. The van der Waals surface area contributed by atoms with Gasteiger partial charge >= 0.3 is 0 Å². The van der Waals surface area contributed by atoms with Gasteiger partial charge in [-0.1, -0.05) is 42.0 Å². The highest BCUT2D eigenvalue weighted by Crippen LogP contribution is 2.12. The van der Waals surface area contributed by atoms with Gasteiger partial charge in [-0.2, -0.15) is 25.3 Å². The predicted octanol–water partition coefficient (Wildman–Crippen LogP) is 4.67. The molecule has 0 spiro atoms. The lowest BCUT2D eigenvalue weighted by atomic mass is 10.1. The number of thiol groups is 2. The Morgan fingerprint density at radius 1 is 1.00 bits per heavy atom. The summed E-state index contributed by atoms with van der Waals surface area (Å²) in [6, 6.07) is 0.290. The van der Waals surface area contributed by atoms with Crippen LogP contribution in [0.5, 0.6) is 0 Å². The van der Waals surface area contributed by atoms with E-state index in [0.717, 1.165) is 18.1 Å². The molecular formula is C14H35NS2. The highest BCUT2D eigenvalue weighted by molar-refractivity contribution is 7.81. The maximum absolute atomic E-state index is 5.60. The van der Waals surface area contributed by atoms with E-state index in [0.29, 0.717) is 17.2 Å². The summed E-state index contributed by atoms with van der Waals surface area (Å²) in [6.45, 7) is 11.0. The molecule has 0 aromatic rings. The average molecular weight is 282 g/mol. The molecule has 3 heteroatoms. The van der Waals surface area contributed by atoms with Gasteiger partial charge in [-0.05, 0) is 31.1 Å². The molecule has 17 heavy (non-hydrogen) atoms. The molecule has 0 bridgehead atoms. The Kier molecular flexibility index (Phi) is 19.7. The van der Waals surface area contributed by atoms with Crippen LogP contribution in [-0.4, -0.2) is 17.0 Å². The van der Waals surface area contributed by atoms with Crippen LogP contribution in [0.2, 0.25) is 0 Å². The standard InChI is InChI=1S/C7H16S.C6H15NS.CH4/c1-4-7(8)5-6(2)3;1-5(2)3-6(7)4-8;/h6-8H,4-5H2,1-3H3;5-6,8H,3-4,7H2,1-2H3;1H4/t7-;6-;/m01./s1. The van der Waals surface area contributed by atoms with Gasteiger partial charge in [0.25, 0.3) is 0 Å². The first-order valence-electron chi connectivity index (χ1n) is 6.37. The lowest BCUT2D eigenvalue weighted by Gasteiger charge is -2.09. The summed E-state index contributed by atoms with van der Waals surface area (Å²) in [5, 5.41) is 0.620. The van der Waals surface area contributed by atoms with Gasteiger partial charge in [-0.3, -0.25) is 0 Å². The summed E-state index contributed by atoms with van der Waals surface area (Å²) in [4.78, 5) is 0. The van der Waals surface area contributed by atoms with E-state index in [1.54, 1.807) is 0 Å². The van der Waals surface area contributed by atoms with Crippen molar-refractivity contribution in [3.8, 4) is 0 Å². The molecule has 0 saturated carbocycles. The van der Waals surface area contributed by atoms with Gasteiger partial charge in [0.2, 0.25) is 0 Å². The molecule has 0 rings (SSSR count). The highest BCUT2D eigenvalue weighted by atomic mass is 32.1. The number of rotatable bonds is 6. The second-order valence-electron chi connectivity index (χ2n) is 5.26. The van der Waals surface area contributed by atoms with Crippen molar-refractivity contribution in [1.29, 1.82) is 0 Å². The zero-order chi connectivity index (χ0) is 13.1. The van der Waals surface area contributed by atoms with Gasteiger partial charge in [0.05, 0.1) is 0 Å². The Balaban J connectivity index is -0.000000218. The Hall–Kier alpha value is 0.660. The molecule has 0 aliphatic rings. The van der Waals surface area contributed by atoms with E-state index in [1.807, 2.05) is 0 Å². The fraction of sp³-hybridized carbons (Fsp3) is 1.00. The van der Waals surface area contributed by atoms with Crippen LogP contribution in [0.4, 0.5) is 0 Å². The Morgan fingerprint density at radius 3 is 1.53 bits per heavy atom. The molecule has 0 saturated heterocycles. The first-order chi connectivity index (χ1) is 7.33. The Bertz CT molecular complexity index is 122. The zero-order valence-corrected chi connectivity index (χ0v) is 13.4. The third kappa shape index (κ3) is 22.3. The van der Waals surface area contributed by atoms with Crippen LogP contribution >= 0.6 is 25.3 Å². The van der Waals surface area contributed by atoms with E-state index in [9.17, 15) is 0 Å². The molecule has 2 N–H and O–H groups in total. The van der Waals surface area contributed by atoms with Crippen molar-refractivity contribution in [2.24, 2.45) is 17.6 Å². The molecule has 2 atom stereocenters. The minimum Gasteiger partial charge on any atom is -0.327 e. The van der Waals surface area contributed by atoms with Crippen LogP contribution in [0.25, 0.3) is 0 Å². The maximum Gasteiger partial charge on any atom is 0.0130 e. The van der Waals surface area contributed by atoms with Crippen molar-refractivity contribution in [2.45, 2.75) is 72.6 Å². The number of hydrogen-bond donors (Lipinski definition) is 3. The van der Waals surface area contributed by atoms with E-state index in [4.69, 9.17) is 5.73 Å². The molecular weight excluding hydrogens is 246 g/mol. The summed E-state index contributed by atoms with van der Waals surface area (Å²) < 4.78 is 0. The Morgan fingerprint density at radius 2 is 1.41 bits per heavy atom. The average Bonchev–Trinajstić information content (AvgIpc) is 2.16. The fourth-order valence-electron chi connectivity index (χ4n) is 1.39. The number of hydrogen-bond acceptors (Lipinski definition) is 3. The molecule has 0 unspecified atom stereocenters. The lowest BCUT2D eigenvalue weighted by molar-refractivity contribution is 0.525. The molecule has 0 radical (unpaired) electrons. The molecule has 0 aromatic carbocycles. The third-order valence-corrected chi connectivity index (χ3v) is 3.27. The largest absolute Gasteiger partial charge is 0.327 e. The van der Waals surface area contributed by atoms with E-state index in [-0.39, 0.29) is 7.43 Å². The van der Waals surface area contributed by atoms with Crippen LogP contribution in [0.15, 0.2) is 0 Å². The van der Waals surface area contributed by atoms with Gasteiger partial charge in [0, 0.05) is 17.0 Å². The third-order valence-electron chi connectivity index (χ3n) is 2.22. The zero-order valence-electron chi connectivity index (χ0n) is 11.6. The smallest absolute Gasteiger partial charge is 0.0130 e. The van der Waals surface area contributed by atoms with E-state index < -0.39 is 0 Å². The summed E-state index contributed by atoms with van der Waals surface area (Å²) in [5.41, 5.74) is 5.60. The normalized spacial score (nSPS) is 13.8. The van der Waals surface area contributed by atoms with Gasteiger partial charge in [0.1, 0.15) is 0 Å². The minimum absolute atomic E-state index is 0. The van der Waals surface area contributed by atoms with Crippen molar-refractivity contribution in [3.05, 3.63) is 0 Å². The van der Waals surface area contributed by atoms with Crippen molar-refractivity contribution in [3.63, 3.8) is 0 Å². The SMILES string of the molecule is C.CC(C)C[C@@H](N)CS.CC[C@H](S)CC(C)C. The van der Waals surface area contributed by atoms with Crippen LogP contribution in [0.1, 0.15) is 61.3 Å². The fourth-order valence-corrected chi connectivity index (χ4v) is 1.96. The molecule has 0 heterocycles. The summed E-state index contributed by atoms with van der Waals surface area (Å²) in [5.74, 6) is 2.31. The van der Waals surface area contributed by atoms with Crippen molar-refractivity contribution >= 4 is 25.3 Å². The van der Waals surface area contributed by atoms with Crippen molar-refractivity contribution in [2.75, 3.05) is 5.75 Å². The van der Waals surface area contributed by atoms with E-state index in [1.165, 1.54) is 12.8 Å². The van der Waals surface area contributed by atoms with Gasteiger partial charge < -0.3 is 5.73 Å². The van der Waals surface area contributed by atoms with Crippen LogP contribution in [-0.2, 0) is 0 Å². The van der Waals surface area contributed by atoms with Gasteiger partial charge in [-0.15, -0.1) is 0 Å². The molecule has 0 aliphatic carbocycles. The first kappa shape index (κ1) is 22.8. The van der Waals surface area contributed by atoms with Crippen LogP contribution in [0, 0.1) is 11.8 Å².